The summed E-state index contributed by atoms with van der Waals surface area (Å²) in [5, 5.41) is 19.4. The third-order valence-electron chi connectivity index (χ3n) is 11.2. The second kappa shape index (κ2) is 26.4. The molecule has 6 N–H and O–H groups in total. The van der Waals surface area contributed by atoms with Crippen molar-refractivity contribution < 1.29 is 56.7 Å². The van der Waals surface area contributed by atoms with E-state index in [2.05, 4.69) is 9.97 Å². The number of aryl methyl sites for hydroxylation is 2. The molecule has 0 spiro atoms. The Hall–Kier alpha value is -2.58. The molecule has 0 aliphatic carbocycles. The summed E-state index contributed by atoms with van der Waals surface area (Å²) in [6.07, 6.45) is 16.2. The van der Waals surface area contributed by atoms with Gasteiger partial charge in [0.25, 0.3) is 11.1 Å². The molecular formula is C40H68N4O16P2. The molecule has 2 aromatic heterocycles. The maximum Gasteiger partial charge on any atom is 0.472 e. The summed E-state index contributed by atoms with van der Waals surface area (Å²) in [6.45, 7) is 2.19. The number of nitrogens with one attached hydrogen (secondary N) is 2. The molecule has 0 bridgehead atoms. The molecule has 20 nitrogen and oxygen atoms in total. The first-order valence-corrected chi connectivity index (χ1v) is 25.1. The van der Waals surface area contributed by atoms with Gasteiger partial charge in [0.05, 0.1) is 26.4 Å². The van der Waals surface area contributed by atoms with Crippen LogP contribution in [0.25, 0.3) is 0 Å². The summed E-state index contributed by atoms with van der Waals surface area (Å²) in [4.78, 5) is 72.7. The number of nitrogens with zero attached hydrogens (tertiary/aromatic N) is 2. The van der Waals surface area contributed by atoms with Gasteiger partial charge in [-0.2, -0.15) is 0 Å². The summed E-state index contributed by atoms with van der Waals surface area (Å²) < 4.78 is 59.8. The topological polar surface area (TPSA) is 280 Å². The minimum absolute atomic E-state index is 0.0113. The molecular weight excluding hydrogens is 854 g/mol. The lowest BCUT2D eigenvalue weighted by Crippen LogP contribution is -2.33. The van der Waals surface area contributed by atoms with E-state index in [-0.39, 0.29) is 26.1 Å². The van der Waals surface area contributed by atoms with Gasteiger partial charge in [-0.25, -0.2) is 18.7 Å². The summed E-state index contributed by atoms with van der Waals surface area (Å²) in [5.74, 6) is 0. The van der Waals surface area contributed by atoms with Crippen LogP contribution >= 0.6 is 15.6 Å². The molecule has 2 unspecified atom stereocenters. The SMILES string of the molecule is Cc1cn([C@H]2C[C@H](OP(=O)(O)OCCCCCCCCCCCCCCCCCCCCOP(=O)(O)O[C@H]3C[C@H](n4cc(C)c(=O)[nH]c4=O)O[C@@H]3CO)[C@@H](CO)O2)c(=O)[nH]c1=O. The highest BCUT2D eigenvalue weighted by Gasteiger charge is 2.43. The first-order chi connectivity index (χ1) is 29.6. The van der Waals surface area contributed by atoms with Gasteiger partial charge in [0, 0.05) is 36.4 Å². The smallest absolute Gasteiger partial charge is 0.394 e. The number of ether oxygens (including phenoxy) is 2. The minimum atomic E-state index is -4.43. The van der Waals surface area contributed by atoms with E-state index in [1.807, 2.05) is 0 Å². The molecule has 0 saturated carbocycles. The second-order valence-corrected chi connectivity index (χ2v) is 19.1. The highest BCUT2D eigenvalue weighted by molar-refractivity contribution is 7.47. The number of phosphoric ester groups is 2. The molecule has 4 rings (SSSR count). The number of hydrogen-bond donors (Lipinski definition) is 6. The van der Waals surface area contributed by atoms with Crippen molar-refractivity contribution in [3.8, 4) is 0 Å². The Morgan fingerprint density at radius 2 is 0.855 bits per heavy atom. The zero-order valence-electron chi connectivity index (χ0n) is 36.1. The quantitative estimate of drug-likeness (QED) is 0.0414. The van der Waals surface area contributed by atoms with Gasteiger partial charge >= 0.3 is 27.0 Å². The van der Waals surface area contributed by atoms with E-state index in [0.29, 0.717) is 24.0 Å². The fourth-order valence-electron chi connectivity index (χ4n) is 7.69. The van der Waals surface area contributed by atoms with Crippen molar-refractivity contribution in [2.45, 2.75) is 179 Å². The standard InChI is InChI=1S/C40H68N4O16P2/c1-29-25-43(39(49)41-37(29)47)35-23-31(33(27-45)57-35)59-61(51,52)55-21-19-17-15-13-11-9-7-5-3-4-6-8-10-12-14-16-18-20-22-56-62(53,54)60-32-24-36(58-34(32)28-46)44-26-30(2)38(48)42-40(44)50/h25-26,31-36,45-46H,3-24,27-28H2,1-2H3,(H,51,52)(H,53,54)(H,41,47,49)(H,42,48,50)/t31-,32-,33+,34+,35+,36+/m0/s1. The number of phosphoric acid groups is 2. The van der Waals surface area contributed by atoms with Gasteiger partial charge in [0.15, 0.2) is 0 Å². The van der Waals surface area contributed by atoms with Crippen molar-refractivity contribution in [1.82, 2.24) is 19.1 Å². The zero-order chi connectivity index (χ0) is 45.1. The predicted molar refractivity (Wildman–Crippen MR) is 228 cm³/mol. The van der Waals surface area contributed by atoms with Crippen LogP contribution in [0.3, 0.4) is 0 Å². The Bertz CT molecular complexity index is 1850. The first kappa shape index (κ1) is 52.0. The normalized spacial score (nSPS) is 23.5. The molecule has 22 heteroatoms. The minimum Gasteiger partial charge on any atom is -0.394 e. The van der Waals surface area contributed by atoms with Crippen molar-refractivity contribution in [2.75, 3.05) is 26.4 Å². The Kier molecular flexibility index (Phi) is 22.2. The molecule has 354 valence electrons. The fourth-order valence-corrected chi connectivity index (χ4v) is 9.66. The summed E-state index contributed by atoms with van der Waals surface area (Å²) in [7, 11) is -8.86. The number of H-pyrrole nitrogens is 2. The average Bonchev–Trinajstić information content (AvgIpc) is 3.81. The summed E-state index contributed by atoms with van der Waals surface area (Å²) in [6, 6.07) is 0. The lowest BCUT2D eigenvalue weighted by molar-refractivity contribution is -0.0464. The molecule has 2 saturated heterocycles. The number of aliphatic hydroxyl groups is 2. The third kappa shape index (κ3) is 17.4. The van der Waals surface area contributed by atoms with Crippen molar-refractivity contribution >= 4 is 15.6 Å². The van der Waals surface area contributed by atoms with E-state index in [1.165, 1.54) is 77.6 Å². The van der Waals surface area contributed by atoms with Crippen LogP contribution in [0, 0.1) is 13.8 Å². The van der Waals surface area contributed by atoms with Crippen molar-refractivity contribution in [1.29, 1.82) is 0 Å². The highest BCUT2D eigenvalue weighted by Crippen LogP contribution is 2.49. The van der Waals surface area contributed by atoms with Crippen molar-refractivity contribution in [2.24, 2.45) is 0 Å². The molecule has 2 aliphatic rings. The zero-order valence-corrected chi connectivity index (χ0v) is 37.9. The number of hydrogen-bond acceptors (Lipinski definition) is 14. The van der Waals surface area contributed by atoms with E-state index >= 15 is 0 Å². The van der Waals surface area contributed by atoms with Crippen LogP contribution in [0.15, 0.2) is 31.6 Å². The number of rotatable bonds is 31. The number of aromatic nitrogens is 4. The lowest BCUT2D eigenvalue weighted by atomic mass is 10.0. The summed E-state index contributed by atoms with van der Waals surface area (Å²) >= 11 is 0. The molecule has 0 aromatic carbocycles. The van der Waals surface area contributed by atoms with Gasteiger partial charge in [-0.15, -0.1) is 0 Å². The van der Waals surface area contributed by atoms with E-state index in [1.54, 1.807) is 0 Å². The molecule has 2 aromatic rings. The van der Waals surface area contributed by atoms with Crippen LogP contribution in [0.5, 0.6) is 0 Å². The number of unbranched alkanes of at least 4 members (excludes halogenated alkanes) is 17. The largest absolute Gasteiger partial charge is 0.472 e. The Morgan fingerprint density at radius 3 is 1.15 bits per heavy atom. The van der Waals surface area contributed by atoms with Gasteiger partial charge < -0.3 is 29.5 Å². The Balaban J connectivity index is 0.907. The van der Waals surface area contributed by atoms with Crippen LogP contribution in [0.1, 0.15) is 152 Å². The highest BCUT2D eigenvalue weighted by atomic mass is 31.2. The third-order valence-corrected chi connectivity index (χ3v) is 13.3. The van der Waals surface area contributed by atoms with Crippen molar-refractivity contribution in [3.05, 3.63) is 65.2 Å². The molecule has 0 amide bonds. The predicted octanol–water partition coefficient (Wildman–Crippen LogP) is 5.29. The maximum atomic E-state index is 12.6. The summed E-state index contributed by atoms with van der Waals surface area (Å²) in [5.41, 5.74) is -1.83. The first-order valence-electron chi connectivity index (χ1n) is 22.1. The van der Waals surface area contributed by atoms with Crippen molar-refractivity contribution in [3.63, 3.8) is 0 Å². The molecule has 8 atom stereocenters. The number of aliphatic hydroxyl groups excluding tert-OH is 2. The van der Waals surface area contributed by atoms with Crippen LogP contribution in [0.2, 0.25) is 0 Å². The van der Waals surface area contributed by atoms with Crippen LogP contribution in [-0.4, -0.2) is 89.9 Å². The second-order valence-electron chi connectivity index (χ2n) is 16.3. The van der Waals surface area contributed by atoms with Gasteiger partial charge in [-0.05, 0) is 26.7 Å². The molecule has 2 aliphatic heterocycles. The molecule has 62 heavy (non-hydrogen) atoms. The van der Waals surface area contributed by atoms with Gasteiger partial charge in [0.1, 0.15) is 36.9 Å². The van der Waals surface area contributed by atoms with Gasteiger partial charge in [0.2, 0.25) is 0 Å². The number of aromatic amines is 2. The molecule has 2 fully saturated rings. The Labute approximate surface area is 361 Å². The molecule has 4 heterocycles. The lowest BCUT2D eigenvalue weighted by Gasteiger charge is -2.19. The van der Waals surface area contributed by atoms with Gasteiger partial charge in [-0.3, -0.25) is 46.8 Å². The van der Waals surface area contributed by atoms with Gasteiger partial charge in [-0.1, -0.05) is 103 Å². The molecule has 0 radical (unpaired) electrons. The van der Waals surface area contributed by atoms with Crippen LogP contribution in [-0.2, 0) is 36.7 Å². The van der Waals surface area contributed by atoms with E-state index in [9.17, 15) is 48.3 Å². The van der Waals surface area contributed by atoms with E-state index < -0.39 is 88.2 Å². The fraction of sp³-hybridized carbons (Fsp3) is 0.800. The Morgan fingerprint density at radius 1 is 0.565 bits per heavy atom. The van der Waals surface area contributed by atoms with Crippen LogP contribution in [0.4, 0.5) is 0 Å². The van der Waals surface area contributed by atoms with E-state index in [0.717, 1.165) is 60.5 Å². The average molecular weight is 923 g/mol. The maximum absolute atomic E-state index is 12.6. The monoisotopic (exact) mass is 922 g/mol. The van der Waals surface area contributed by atoms with Crippen LogP contribution < -0.4 is 22.5 Å². The van der Waals surface area contributed by atoms with E-state index in [4.69, 9.17) is 27.6 Å².